The van der Waals surface area contributed by atoms with Crippen LogP contribution in [0.5, 0.6) is 0 Å². The van der Waals surface area contributed by atoms with E-state index in [0.717, 1.165) is 37.9 Å². The average Bonchev–Trinajstić information content (AvgIpc) is 3.15. The van der Waals surface area contributed by atoms with Gasteiger partial charge in [0.05, 0.1) is 6.10 Å². The van der Waals surface area contributed by atoms with Crippen LogP contribution in [0.3, 0.4) is 0 Å². The Balaban J connectivity index is 1.84. The van der Waals surface area contributed by atoms with Gasteiger partial charge >= 0.3 is 0 Å². The fraction of sp³-hybridized carbons (Fsp3) is 0.600. The minimum absolute atomic E-state index is 0.0134. The second kappa shape index (κ2) is 8.48. The maximum atomic E-state index is 13.4. The van der Waals surface area contributed by atoms with Crippen LogP contribution >= 0.6 is 0 Å². The summed E-state index contributed by atoms with van der Waals surface area (Å²) >= 11 is 0. The zero-order valence-corrected chi connectivity index (χ0v) is 15.0. The number of piperidine rings is 1. The third-order valence-electron chi connectivity index (χ3n) is 5.16. The molecule has 0 saturated carbocycles. The smallest absolute Gasteiger partial charge is 0.250 e. The highest BCUT2D eigenvalue weighted by atomic mass is 16.5. The molecule has 0 N–H and O–H groups in total. The maximum Gasteiger partial charge on any atom is 0.250 e. The molecule has 0 aromatic heterocycles. The van der Waals surface area contributed by atoms with Crippen molar-refractivity contribution in [2.24, 2.45) is 0 Å². The van der Waals surface area contributed by atoms with Crippen molar-refractivity contribution in [3.8, 4) is 0 Å². The lowest BCUT2D eigenvalue weighted by Crippen LogP contribution is -2.48. The van der Waals surface area contributed by atoms with E-state index >= 15 is 0 Å². The predicted octanol–water partition coefficient (Wildman–Crippen LogP) is 2.77. The lowest BCUT2D eigenvalue weighted by Gasteiger charge is -2.37. The van der Waals surface area contributed by atoms with Crippen molar-refractivity contribution in [2.75, 3.05) is 26.2 Å². The molecule has 2 fully saturated rings. The molecule has 2 aliphatic rings. The summed E-state index contributed by atoms with van der Waals surface area (Å²) < 4.78 is 5.71. The zero-order chi connectivity index (χ0) is 17.6. The molecule has 1 aromatic rings. The molecule has 5 nitrogen and oxygen atoms in total. The summed E-state index contributed by atoms with van der Waals surface area (Å²) in [4.78, 5) is 29.5. The van der Waals surface area contributed by atoms with Crippen molar-refractivity contribution in [2.45, 2.75) is 51.2 Å². The Kier molecular flexibility index (Phi) is 6.08. The first-order valence-electron chi connectivity index (χ1n) is 9.45. The Hall–Kier alpha value is -1.88. The number of ether oxygens (including phenoxy) is 1. The lowest BCUT2D eigenvalue weighted by molar-refractivity contribution is -0.148. The van der Waals surface area contributed by atoms with Gasteiger partial charge in [0.25, 0.3) is 0 Å². The first-order chi connectivity index (χ1) is 12.2. The van der Waals surface area contributed by atoms with Crippen LogP contribution < -0.4 is 0 Å². The minimum atomic E-state index is -0.518. The van der Waals surface area contributed by atoms with Crippen LogP contribution in [0.25, 0.3) is 0 Å². The van der Waals surface area contributed by atoms with Gasteiger partial charge in [-0.2, -0.15) is 0 Å². The maximum absolute atomic E-state index is 13.4. The monoisotopic (exact) mass is 344 g/mol. The summed E-state index contributed by atoms with van der Waals surface area (Å²) in [5.41, 5.74) is 0.897. The molecule has 2 saturated heterocycles. The summed E-state index contributed by atoms with van der Waals surface area (Å²) in [5.74, 6) is 0.0982. The molecule has 0 radical (unpaired) electrons. The van der Waals surface area contributed by atoms with Gasteiger partial charge in [-0.15, -0.1) is 0 Å². The highest BCUT2D eigenvalue weighted by molar-refractivity contribution is 5.89. The van der Waals surface area contributed by atoms with Gasteiger partial charge in [-0.05, 0) is 38.2 Å². The number of carbonyl (C=O) groups is 2. The van der Waals surface area contributed by atoms with E-state index in [1.165, 1.54) is 0 Å². The summed E-state index contributed by atoms with van der Waals surface area (Å²) in [6, 6.07) is 9.18. The van der Waals surface area contributed by atoms with E-state index in [1.54, 1.807) is 4.90 Å². The van der Waals surface area contributed by atoms with E-state index < -0.39 is 6.04 Å². The van der Waals surface area contributed by atoms with Crippen LogP contribution in [-0.2, 0) is 14.3 Å². The third kappa shape index (κ3) is 4.21. The lowest BCUT2D eigenvalue weighted by atomic mass is 9.99. The molecular weight excluding hydrogens is 316 g/mol. The molecule has 0 spiro atoms. The second-order valence-electron chi connectivity index (χ2n) is 6.87. The summed E-state index contributed by atoms with van der Waals surface area (Å²) in [6.07, 6.45) is 4.59. The molecular formula is C20H28N2O3. The summed E-state index contributed by atoms with van der Waals surface area (Å²) in [7, 11) is 0. The number of hydrogen-bond acceptors (Lipinski definition) is 3. The minimum Gasteiger partial charge on any atom is -0.376 e. The number of nitrogens with zero attached hydrogens (tertiary/aromatic N) is 2. The van der Waals surface area contributed by atoms with Crippen LogP contribution in [0.4, 0.5) is 0 Å². The van der Waals surface area contributed by atoms with Gasteiger partial charge in [0.15, 0.2) is 0 Å². The van der Waals surface area contributed by atoms with E-state index in [4.69, 9.17) is 4.74 Å². The standard InChI is InChI=1S/C20H28N2O3/c1-2-21(15-17-11-8-14-25-17)20(24)19(16-9-4-3-5-10-16)22-13-7-6-12-18(22)23/h3-5,9-10,17,19H,2,6-8,11-15H2,1H3/t17-,19+/m0/s1. The van der Waals surface area contributed by atoms with E-state index in [-0.39, 0.29) is 17.9 Å². The van der Waals surface area contributed by atoms with Crippen molar-refractivity contribution in [1.82, 2.24) is 9.80 Å². The van der Waals surface area contributed by atoms with E-state index in [2.05, 4.69) is 0 Å². The molecule has 25 heavy (non-hydrogen) atoms. The Morgan fingerprint density at radius 2 is 2.08 bits per heavy atom. The Morgan fingerprint density at radius 1 is 1.28 bits per heavy atom. The largest absolute Gasteiger partial charge is 0.376 e. The number of amides is 2. The quantitative estimate of drug-likeness (QED) is 0.797. The molecule has 0 unspecified atom stereocenters. The normalized spacial score (nSPS) is 22.0. The Bertz CT molecular complexity index is 584. The van der Waals surface area contributed by atoms with Gasteiger partial charge in [-0.3, -0.25) is 9.59 Å². The zero-order valence-electron chi connectivity index (χ0n) is 15.0. The molecule has 2 amide bonds. The van der Waals surface area contributed by atoms with Crippen molar-refractivity contribution in [3.63, 3.8) is 0 Å². The molecule has 0 aliphatic carbocycles. The van der Waals surface area contributed by atoms with Crippen LogP contribution in [-0.4, -0.2) is 54.0 Å². The topological polar surface area (TPSA) is 49.9 Å². The van der Waals surface area contributed by atoms with Crippen LogP contribution in [0.15, 0.2) is 30.3 Å². The van der Waals surface area contributed by atoms with Crippen LogP contribution in [0.2, 0.25) is 0 Å². The van der Waals surface area contributed by atoms with Gasteiger partial charge in [0.1, 0.15) is 6.04 Å². The van der Waals surface area contributed by atoms with E-state index in [1.807, 2.05) is 42.2 Å². The van der Waals surface area contributed by atoms with E-state index in [0.29, 0.717) is 26.1 Å². The number of hydrogen-bond donors (Lipinski definition) is 0. The van der Waals surface area contributed by atoms with Gasteiger partial charge in [-0.25, -0.2) is 0 Å². The van der Waals surface area contributed by atoms with Gasteiger partial charge in [0.2, 0.25) is 11.8 Å². The average molecular weight is 344 g/mol. The number of rotatable bonds is 6. The molecule has 136 valence electrons. The van der Waals surface area contributed by atoms with Gasteiger partial charge < -0.3 is 14.5 Å². The highest BCUT2D eigenvalue weighted by Gasteiger charge is 2.35. The molecule has 0 bridgehead atoms. The molecule has 2 heterocycles. The number of likely N-dealkylation sites (N-methyl/N-ethyl adjacent to an activating group) is 1. The highest BCUT2D eigenvalue weighted by Crippen LogP contribution is 2.28. The van der Waals surface area contributed by atoms with Crippen LogP contribution in [0, 0.1) is 0 Å². The fourth-order valence-corrected chi connectivity index (χ4v) is 3.77. The first kappa shape index (κ1) is 17.9. The van der Waals surface area contributed by atoms with Crippen molar-refractivity contribution in [1.29, 1.82) is 0 Å². The van der Waals surface area contributed by atoms with Gasteiger partial charge in [0, 0.05) is 32.7 Å². The van der Waals surface area contributed by atoms with Crippen LogP contribution in [0.1, 0.15) is 50.6 Å². The van der Waals surface area contributed by atoms with Gasteiger partial charge in [-0.1, -0.05) is 30.3 Å². The predicted molar refractivity (Wildman–Crippen MR) is 96.0 cm³/mol. The third-order valence-corrected chi connectivity index (χ3v) is 5.16. The van der Waals surface area contributed by atoms with Crippen molar-refractivity contribution < 1.29 is 14.3 Å². The fourth-order valence-electron chi connectivity index (χ4n) is 3.77. The number of likely N-dealkylation sites (tertiary alicyclic amines) is 1. The first-order valence-corrected chi connectivity index (χ1v) is 9.45. The Labute approximate surface area is 149 Å². The summed E-state index contributed by atoms with van der Waals surface area (Å²) in [6.45, 7) is 4.67. The summed E-state index contributed by atoms with van der Waals surface area (Å²) in [5, 5.41) is 0. The number of benzene rings is 1. The van der Waals surface area contributed by atoms with Crippen molar-refractivity contribution >= 4 is 11.8 Å². The SMILES string of the molecule is CCN(C[C@@H]1CCCO1)C(=O)[C@@H](c1ccccc1)N1CCCCC1=O. The van der Waals surface area contributed by atoms with Crippen molar-refractivity contribution in [3.05, 3.63) is 35.9 Å². The molecule has 3 rings (SSSR count). The molecule has 1 aromatic carbocycles. The molecule has 5 heteroatoms. The Morgan fingerprint density at radius 3 is 2.72 bits per heavy atom. The molecule has 2 atom stereocenters. The van der Waals surface area contributed by atoms with E-state index in [9.17, 15) is 9.59 Å². The molecule has 2 aliphatic heterocycles. The second-order valence-corrected chi connectivity index (χ2v) is 6.87. The number of carbonyl (C=O) groups excluding carboxylic acids is 2.